The van der Waals surface area contributed by atoms with Crippen molar-refractivity contribution in [1.29, 1.82) is 0 Å². The monoisotopic (exact) mass is 369 g/mol. The summed E-state index contributed by atoms with van der Waals surface area (Å²) < 4.78 is 11.9. The van der Waals surface area contributed by atoms with E-state index in [0.717, 1.165) is 17.7 Å². The lowest BCUT2D eigenvalue weighted by atomic mass is 9.45. The highest BCUT2D eigenvalue weighted by Crippen LogP contribution is 2.76. The van der Waals surface area contributed by atoms with Crippen LogP contribution in [0.3, 0.4) is 0 Å². The van der Waals surface area contributed by atoms with Crippen LogP contribution in [-0.2, 0) is 20.9 Å². The van der Waals surface area contributed by atoms with E-state index in [9.17, 15) is 4.79 Å². The molecule has 1 aromatic rings. The van der Waals surface area contributed by atoms with Gasteiger partial charge in [0, 0.05) is 28.2 Å². The van der Waals surface area contributed by atoms with Gasteiger partial charge in [-0.15, -0.1) is 11.8 Å². The van der Waals surface area contributed by atoms with Gasteiger partial charge in [0.1, 0.15) is 18.9 Å². The summed E-state index contributed by atoms with van der Waals surface area (Å²) in [7, 11) is 0. The number of carbonyl (C=O) groups is 1. The predicted octanol–water partition coefficient (Wildman–Crippen LogP) is 3.18. The molecule has 2 aliphatic carbocycles. The van der Waals surface area contributed by atoms with Gasteiger partial charge < -0.3 is 9.47 Å². The highest BCUT2D eigenvalue weighted by Gasteiger charge is 2.80. The SMILES string of the molecule is CC1(C)CN2C3OC3C3(CC4C=C(C(=O)OCc5ccccc5)C43)C2S1. The van der Waals surface area contributed by atoms with Crippen molar-refractivity contribution in [2.45, 2.75) is 49.3 Å². The minimum Gasteiger partial charge on any atom is -0.457 e. The third-order valence-corrected chi connectivity index (χ3v) is 8.55. The van der Waals surface area contributed by atoms with Crippen molar-refractivity contribution in [3.63, 3.8) is 0 Å². The molecule has 0 radical (unpaired) electrons. The van der Waals surface area contributed by atoms with Gasteiger partial charge in [-0.3, -0.25) is 4.90 Å². The molecule has 4 nitrogen and oxygen atoms in total. The number of esters is 1. The molecule has 6 unspecified atom stereocenters. The second kappa shape index (κ2) is 4.94. The molecule has 5 aliphatic rings. The Labute approximate surface area is 157 Å². The quantitative estimate of drug-likeness (QED) is 0.605. The number of thioether (sulfide) groups is 1. The maximum absolute atomic E-state index is 12.7. The van der Waals surface area contributed by atoms with Gasteiger partial charge in [0.15, 0.2) is 0 Å². The molecule has 136 valence electrons. The van der Waals surface area contributed by atoms with E-state index in [1.807, 2.05) is 30.3 Å². The predicted molar refractivity (Wildman–Crippen MR) is 99.2 cm³/mol. The van der Waals surface area contributed by atoms with Crippen LogP contribution in [0.2, 0.25) is 0 Å². The number of benzene rings is 1. The molecule has 5 heteroatoms. The van der Waals surface area contributed by atoms with E-state index >= 15 is 0 Å². The number of hydrogen-bond donors (Lipinski definition) is 0. The van der Waals surface area contributed by atoms with Gasteiger partial charge in [0.05, 0.1) is 5.37 Å². The zero-order chi connectivity index (χ0) is 17.7. The number of hydrogen-bond acceptors (Lipinski definition) is 5. The van der Waals surface area contributed by atoms with E-state index < -0.39 is 0 Å². The molecule has 0 N–H and O–H groups in total. The number of nitrogens with zero attached hydrogens (tertiary/aromatic N) is 1. The first-order valence-corrected chi connectivity index (χ1v) is 10.4. The molecule has 4 fully saturated rings. The highest BCUT2D eigenvalue weighted by atomic mass is 32.2. The fourth-order valence-electron chi connectivity index (χ4n) is 5.79. The molecule has 6 atom stereocenters. The third kappa shape index (κ3) is 1.92. The minimum absolute atomic E-state index is 0.129. The van der Waals surface area contributed by atoms with E-state index in [0.29, 0.717) is 29.9 Å². The van der Waals surface area contributed by atoms with Crippen LogP contribution in [0, 0.1) is 17.3 Å². The molecule has 0 amide bonds. The molecule has 3 heterocycles. The maximum Gasteiger partial charge on any atom is 0.334 e. The second-order valence-electron chi connectivity index (χ2n) is 8.99. The Morgan fingerprint density at radius 2 is 2.15 bits per heavy atom. The van der Waals surface area contributed by atoms with E-state index in [1.54, 1.807) is 0 Å². The first-order chi connectivity index (χ1) is 12.5. The number of carbonyl (C=O) groups excluding carboxylic acids is 1. The van der Waals surface area contributed by atoms with Gasteiger partial charge in [0.2, 0.25) is 0 Å². The highest BCUT2D eigenvalue weighted by molar-refractivity contribution is 8.01. The van der Waals surface area contributed by atoms with Crippen LogP contribution >= 0.6 is 11.8 Å². The summed E-state index contributed by atoms with van der Waals surface area (Å²) in [5, 5.41) is 0.494. The fourth-order valence-corrected chi connectivity index (χ4v) is 7.55. The van der Waals surface area contributed by atoms with E-state index in [2.05, 4.69) is 36.6 Å². The Bertz CT molecular complexity index is 822. The van der Waals surface area contributed by atoms with Crippen molar-refractivity contribution < 1.29 is 14.3 Å². The van der Waals surface area contributed by atoms with Crippen molar-refractivity contribution in [1.82, 2.24) is 4.90 Å². The lowest BCUT2D eigenvalue weighted by Crippen LogP contribution is -2.61. The maximum atomic E-state index is 12.7. The van der Waals surface area contributed by atoms with Crippen LogP contribution in [0.5, 0.6) is 0 Å². The summed E-state index contributed by atoms with van der Waals surface area (Å²) in [4.78, 5) is 15.3. The topological polar surface area (TPSA) is 42.1 Å². The molecule has 0 bridgehead atoms. The van der Waals surface area contributed by atoms with Gasteiger partial charge in [0.25, 0.3) is 0 Å². The Balaban J connectivity index is 1.20. The molecule has 3 aliphatic heterocycles. The van der Waals surface area contributed by atoms with Gasteiger partial charge in [-0.05, 0) is 31.7 Å². The number of fused-ring (bicyclic) bond motifs is 7. The van der Waals surface area contributed by atoms with Crippen molar-refractivity contribution in [2.24, 2.45) is 17.3 Å². The van der Waals surface area contributed by atoms with Gasteiger partial charge >= 0.3 is 5.97 Å². The number of epoxide rings is 1. The van der Waals surface area contributed by atoms with Crippen LogP contribution in [0.1, 0.15) is 25.8 Å². The standard InChI is InChI=1S/C21H23NO3S/c1-20(2)11-22-17-16(25-17)21(19(22)26-20)9-13-8-14(15(13)21)18(23)24-10-12-6-4-3-5-7-12/h3-8,13,15-17,19H,9-11H2,1-2H3. The van der Waals surface area contributed by atoms with Gasteiger partial charge in [-0.2, -0.15) is 0 Å². The molecular formula is C21H23NO3S. The van der Waals surface area contributed by atoms with Gasteiger partial charge in [-0.25, -0.2) is 4.79 Å². The van der Waals surface area contributed by atoms with Gasteiger partial charge in [-0.1, -0.05) is 36.4 Å². The largest absolute Gasteiger partial charge is 0.457 e. The lowest BCUT2D eigenvalue weighted by Gasteiger charge is -2.60. The Hall–Kier alpha value is -1.30. The summed E-state index contributed by atoms with van der Waals surface area (Å²) in [5.41, 5.74) is 2.06. The summed E-state index contributed by atoms with van der Waals surface area (Å²) in [6.07, 6.45) is 3.92. The number of ether oxygens (including phenoxy) is 2. The second-order valence-corrected chi connectivity index (χ2v) is 10.8. The van der Waals surface area contributed by atoms with Crippen LogP contribution < -0.4 is 0 Å². The number of rotatable bonds is 3. The van der Waals surface area contributed by atoms with E-state index in [4.69, 9.17) is 9.47 Å². The molecule has 3 saturated heterocycles. The van der Waals surface area contributed by atoms with Crippen molar-refractivity contribution >= 4 is 17.7 Å². The average Bonchev–Trinajstić information content (AvgIpc) is 3.26. The molecular weight excluding hydrogens is 346 g/mol. The Morgan fingerprint density at radius 1 is 1.35 bits per heavy atom. The minimum atomic E-state index is -0.132. The number of allylic oxidation sites excluding steroid dienone is 1. The summed E-state index contributed by atoms with van der Waals surface area (Å²) in [6.45, 7) is 6.08. The fraction of sp³-hybridized carbons (Fsp3) is 0.571. The Morgan fingerprint density at radius 3 is 2.92 bits per heavy atom. The normalized spacial score (nSPS) is 43.6. The zero-order valence-electron chi connectivity index (χ0n) is 15.1. The first kappa shape index (κ1) is 15.7. The van der Waals surface area contributed by atoms with Crippen molar-refractivity contribution in [2.75, 3.05) is 6.54 Å². The molecule has 0 aromatic heterocycles. The molecule has 26 heavy (non-hydrogen) atoms. The smallest absolute Gasteiger partial charge is 0.334 e. The lowest BCUT2D eigenvalue weighted by molar-refractivity contribution is -0.147. The Kier molecular flexibility index (Phi) is 2.99. The summed E-state index contributed by atoms with van der Waals surface area (Å²) >= 11 is 2.09. The van der Waals surface area contributed by atoms with Crippen LogP contribution in [0.4, 0.5) is 0 Å². The third-order valence-electron chi connectivity index (χ3n) is 6.85. The van der Waals surface area contributed by atoms with Crippen LogP contribution in [-0.4, -0.2) is 39.9 Å². The average molecular weight is 369 g/mol. The molecule has 1 saturated carbocycles. The molecule has 1 spiro atoms. The van der Waals surface area contributed by atoms with Crippen molar-refractivity contribution in [3.05, 3.63) is 47.5 Å². The molecule has 1 aromatic carbocycles. The molecule has 6 rings (SSSR count). The zero-order valence-corrected chi connectivity index (χ0v) is 15.9. The van der Waals surface area contributed by atoms with E-state index in [1.165, 1.54) is 6.42 Å². The first-order valence-electron chi connectivity index (χ1n) is 9.51. The van der Waals surface area contributed by atoms with E-state index in [-0.39, 0.29) is 22.4 Å². The van der Waals surface area contributed by atoms with Crippen molar-refractivity contribution in [3.8, 4) is 0 Å². The summed E-state index contributed by atoms with van der Waals surface area (Å²) in [6, 6.07) is 9.90. The van der Waals surface area contributed by atoms with Crippen LogP contribution in [0.25, 0.3) is 0 Å². The van der Waals surface area contributed by atoms with Crippen LogP contribution in [0.15, 0.2) is 42.0 Å². The summed E-state index contributed by atoms with van der Waals surface area (Å²) in [5.74, 6) is 0.743.